The van der Waals surface area contributed by atoms with Crippen molar-refractivity contribution in [3.63, 3.8) is 0 Å². The van der Waals surface area contributed by atoms with Gasteiger partial charge in [-0.3, -0.25) is 4.79 Å². The second kappa shape index (κ2) is 6.54. The lowest BCUT2D eigenvalue weighted by Crippen LogP contribution is -2.37. The number of rotatable bonds is 4. The summed E-state index contributed by atoms with van der Waals surface area (Å²) in [5.74, 6) is 0.259. The number of amides is 1. The number of carbonyl (C=O) groups excluding carboxylic acids is 1. The summed E-state index contributed by atoms with van der Waals surface area (Å²) in [7, 11) is 0. The molecule has 2 aromatic rings. The molecule has 0 bridgehead atoms. The van der Waals surface area contributed by atoms with E-state index in [9.17, 15) is 4.79 Å². The smallest absolute Gasteiger partial charge is 0.244 e. The van der Waals surface area contributed by atoms with Crippen molar-refractivity contribution in [2.75, 3.05) is 12.4 Å². The zero-order chi connectivity index (χ0) is 16.4. The van der Waals surface area contributed by atoms with E-state index in [1.165, 1.54) is 0 Å². The maximum atomic E-state index is 12.9. The Morgan fingerprint density at radius 1 is 1.09 bits per heavy atom. The van der Waals surface area contributed by atoms with Crippen LogP contribution < -0.4 is 0 Å². The molecule has 3 rings (SSSR count). The third-order valence-corrected chi connectivity index (χ3v) is 5.43. The molecular formula is C19H19Cl2NO. The molecule has 2 atom stereocenters. The lowest BCUT2D eigenvalue weighted by Gasteiger charge is -2.29. The van der Waals surface area contributed by atoms with Gasteiger partial charge in [0, 0.05) is 18.3 Å². The Kier molecular flexibility index (Phi) is 4.65. The Morgan fingerprint density at radius 2 is 1.57 bits per heavy atom. The lowest BCUT2D eigenvalue weighted by atomic mass is 9.97. The molecule has 0 saturated carbocycles. The number of alkyl halides is 2. The first kappa shape index (κ1) is 16.4. The molecule has 4 heteroatoms. The van der Waals surface area contributed by atoms with Gasteiger partial charge in [-0.1, -0.05) is 60.7 Å². The van der Waals surface area contributed by atoms with E-state index in [-0.39, 0.29) is 17.9 Å². The van der Waals surface area contributed by atoms with Crippen LogP contribution in [0.2, 0.25) is 0 Å². The normalized spacial score (nSPS) is 24.4. The number of nitrogens with zero attached hydrogens (tertiary/aromatic N) is 1. The van der Waals surface area contributed by atoms with E-state index in [2.05, 4.69) is 0 Å². The van der Waals surface area contributed by atoms with Crippen molar-refractivity contribution in [2.45, 2.75) is 17.8 Å². The van der Waals surface area contributed by atoms with Gasteiger partial charge in [-0.2, -0.15) is 0 Å². The van der Waals surface area contributed by atoms with E-state index in [4.69, 9.17) is 23.2 Å². The second-order valence-corrected chi connectivity index (χ2v) is 7.20. The molecule has 2 nitrogen and oxygen atoms in total. The van der Waals surface area contributed by atoms with Gasteiger partial charge in [0.2, 0.25) is 5.91 Å². The first-order chi connectivity index (χ1) is 11.1. The third kappa shape index (κ3) is 2.98. The van der Waals surface area contributed by atoms with Gasteiger partial charge in [0.05, 0.1) is 6.04 Å². The molecule has 1 aliphatic rings. The Balaban J connectivity index is 2.05. The van der Waals surface area contributed by atoms with Crippen LogP contribution in [0.3, 0.4) is 0 Å². The summed E-state index contributed by atoms with van der Waals surface area (Å²) in [6, 6.07) is 20.0. The average Bonchev–Trinajstić information content (AvgIpc) is 2.80. The Labute approximate surface area is 147 Å². The molecule has 0 aromatic heterocycles. The van der Waals surface area contributed by atoms with Crippen LogP contribution in [-0.2, 0) is 4.79 Å². The van der Waals surface area contributed by atoms with Crippen LogP contribution in [0.1, 0.15) is 24.1 Å². The third-order valence-electron chi connectivity index (χ3n) is 4.59. The largest absolute Gasteiger partial charge is 0.330 e. The fourth-order valence-corrected chi connectivity index (χ4v) is 3.93. The number of hydrogen-bond acceptors (Lipinski definition) is 1. The summed E-state index contributed by atoms with van der Waals surface area (Å²) >= 11 is 12.6. The predicted molar refractivity (Wildman–Crippen MR) is 94.9 cm³/mol. The van der Waals surface area contributed by atoms with Gasteiger partial charge in [0.15, 0.2) is 0 Å². The van der Waals surface area contributed by atoms with Crippen LogP contribution >= 0.6 is 23.2 Å². The molecule has 1 fully saturated rings. The molecular weight excluding hydrogens is 329 g/mol. The van der Waals surface area contributed by atoms with Gasteiger partial charge < -0.3 is 4.90 Å². The summed E-state index contributed by atoms with van der Waals surface area (Å²) in [5, 5.41) is 0. The van der Waals surface area contributed by atoms with Crippen LogP contribution in [-0.4, -0.2) is 28.1 Å². The predicted octanol–water partition coefficient (Wildman–Crippen LogP) is 4.47. The van der Waals surface area contributed by atoms with Crippen LogP contribution in [0.4, 0.5) is 0 Å². The summed E-state index contributed by atoms with van der Waals surface area (Å²) in [5.41, 5.74) is 2.16. The molecule has 1 aliphatic heterocycles. The van der Waals surface area contributed by atoms with E-state index in [0.717, 1.165) is 11.1 Å². The first-order valence-corrected chi connectivity index (χ1v) is 8.62. The Bertz CT molecular complexity index is 633. The van der Waals surface area contributed by atoms with Gasteiger partial charge in [-0.25, -0.2) is 0 Å². The zero-order valence-electron chi connectivity index (χ0n) is 13.0. The second-order valence-electron chi connectivity index (χ2n) is 6.11. The molecule has 120 valence electrons. The van der Waals surface area contributed by atoms with Crippen LogP contribution in [0.15, 0.2) is 60.7 Å². The maximum Gasteiger partial charge on any atom is 0.244 e. The number of halogens is 2. The minimum absolute atomic E-state index is 0.0532. The minimum atomic E-state index is -0.941. The lowest BCUT2D eigenvalue weighted by molar-refractivity contribution is -0.131. The van der Waals surface area contributed by atoms with Crippen LogP contribution in [0.25, 0.3) is 0 Å². The van der Waals surface area contributed by atoms with Crippen molar-refractivity contribution in [2.24, 2.45) is 5.92 Å². The number of likely N-dealkylation sites (tertiary alicyclic amines) is 1. The molecule has 0 radical (unpaired) electrons. The van der Waals surface area contributed by atoms with Crippen molar-refractivity contribution < 1.29 is 4.79 Å². The fourth-order valence-electron chi connectivity index (χ4n) is 3.19. The van der Waals surface area contributed by atoms with E-state index in [0.29, 0.717) is 12.4 Å². The van der Waals surface area contributed by atoms with E-state index < -0.39 is 4.87 Å². The molecule has 2 aromatic carbocycles. The minimum Gasteiger partial charge on any atom is -0.330 e. The monoisotopic (exact) mass is 347 g/mol. The molecule has 0 N–H and O–H groups in total. The SMILES string of the molecule is C[C@@]1(Cl)C(=O)N(C(c2ccccc2)c2ccccc2)C[C@@H]1CCl. The van der Waals surface area contributed by atoms with Gasteiger partial charge in [0.25, 0.3) is 0 Å². The molecule has 0 spiro atoms. The number of hydrogen-bond donors (Lipinski definition) is 0. The van der Waals surface area contributed by atoms with E-state index in [1.54, 1.807) is 6.92 Å². The molecule has 23 heavy (non-hydrogen) atoms. The molecule has 1 saturated heterocycles. The van der Waals surface area contributed by atoms with Gasteiger partial charge in [-0.15, -0.1) is 23.2 Å². The van der Waals surface area contributed by atoms with Crippen LogP contribution in [0, 0.1) is 5.92 Å². The van der Waals surface area contributed by atoms with Crippen molar-refractivity contribution in [3.8, 4) is 0 Å². The van der Waals surface area contributed by atoms with Gasteiger partial charge in [-0.05, 0) is 18.1 Å². The fraction of sp³-hybridized carbons (Fsp3) is 0.316. The van der Waals surface area contributed by atoms with Crippen molar-refractivity contribution in [3.05, 3.63) is 71.8 Å². The average molecular weight is 348 g/mol. The Morgan fingerprint density at radius 3 is 1.96 bits per heavy atom. The summed E-state index contributed by atoms with van der Waals surface area (Å²) < 4.78 is 0. The highest BCUT2D eigenvalue weighted by Crippen LogP contribution is 2.41. The van der Waals surface area contributed by atoms with Crippen molar-refractivity contribution in [1.82, 2.24) is 4.90 Å². The zero-order valence-corrected chi connectivity index (χ0v) is 14.5. The summed E-state index contributed by atoms with van der Waals surface area (Å²) in [6.45, 7) is 2.34. The summed E-state index contributed by atoms with van der Waals surface area (Å²) in [4.78, 5) is 13.8. The quantitative estimate of drug-likeness (QED) is 0.747. The highest BCUT2D eigenvalue weighted by molar-refractivity contribution is 6.36. The van der Waals surface area contributed by atoms with Crippen molar-refractivity contribution >= 4 is 29.1 Å². The molecule has 0 aliphatic carbocycles. The van der Waals surface area contributed by atoms with Crippen molar-refractivity contribution in [1.29, 1.82) is 0 Å². The molecule has 1 amide bonds. The number of benzene rings is 2. The maximum absolute atomic E-state index is 12.9. The van der Waals surface area contributed by atoms with Gasteiger partial charge in [0.1, 0.15) is 4.87 Å². The van der Waals surface area contributed by atoms with E-state index in [1.807, 2.05) is 65.6 Å². The summed E-state index contributed by atoms with van der Waals surface area (Å²) in [6.07, 6.45) is 0. The highest BCUT2D eigenvalue weighted by atomic mass is 35.5. The molecule has 0 unspecified atom stereocenters. The Hall–Kier alpha value is -1.51. The topological polar surface area (TPSA) is 20.3 Å². The first-order valence-electron chi connectivity index (χ1n) is 7.71. The van der Waals surface area contributed by atoms with E-state index >= 15 is 0 Å². The highest BCUT2D eigenvalue weighted by Gasteiger charge is 2.51. The standard InChI is InChI=1S/C19H19Cl2NO/c1-19(21)16(12-20)13-22(18(19)23)17(14-8-4-2-5-9-14)15-10-6-3-7-11-15/h2-11,16-17H,12-13H2,1H3/t16-,19-/m0/s1. The van der Waals surface area contributed by atoms with Crippen LogP contribution in [0.5, 0.6) is 0 Å². The molecule has 1 heterocycles. The van der Waals surface area contributed by atoms with Gasteiger partial charge >= 0.3 is 0 Å². The number of carbonyl (C=O) groups is 1.